The summed E-state index contributed by atoms with van der Waals surface area (Å²) in [6, 6.07) is 5.41. The molecular weight excluding hydrogens is 307 g/mol. The first kappa shape index (κ1) is 16.6. The van der Waals surface area contributed by atoms with Crippen LogP contribution in [-0.4, -0.2) is 45.8 Å². The summed E-state index contributed by atoms with van der Waals surface area (Å²) in [4.78, 5) is 25.2. The molecule has 0 spiro atoms. The average Bonchev–Trinajstić information content (AvgIpc) is 2.46. The van der Waals surface area contributed by atoms with Gasteiger partial charge in [-0.1, -0.05) is 6.07 Å². The topological polar surface area (TPSA) is 66.5 Å². The number of amides is 2. The molecule has 2 rings (SSSR count). The Balaban J connectivity index is 1.93. The van der Waals surface area contributed by atoms with Gasteiger partial charge < -0.3 is 10.2 Å². The fourth-order valence-electron chi connectivity index (χ4n) is 2.50. The standard InChI is InChI=1S/C15H19FN2O3S/c1-11(19)17-13-5-3-7-18(9-13)15(20)10-22(21)14-6-2-4-12(16)8-14/h2,4,6,8,13H,3,5,7,9-10H2,1H3,(H,17,19)/t13-,22-/m1/s1. The van der Waals surface area contributed by atoms with E-state index in [9.17, 15) is 18.2 Å². The van der Waals surface area contributed by atoms with E-state index >= 15 is 0 Å². The molecule has 1 N–H and O–H groups in total. The summed E-state index contributed by atoms with van der Waals surface area (Å²) in [5.41, 5.74) is 0. The first-order valence-electron chi connectivity index (χ1n) is 7.14. The Labute approximate surface area is 131 Å². The van der Waals surface area contributed by atoms with Crippen LogP contribution in [0.25, 0.3) is 0 Å². The minimum atomic E-state index is -1.57. The molecule has 7 heteroatoms. The maximum atomic E-state index is 13.1. The number of piperidine rings is 1. The molecule has 120 valence electrons. The number of likely N-dealkylation sites (tertiary alicyclic amines) is 1. The molecule has 1 aromatic rings. The maximum absolute atomic E-state index is 13.1. The molecule has 0 aromatic heterocycles. The Morgan fingerprint density at radius 3 is 2.91 bits per heavy atom. The smallest absolute Gasteiger partial charge is 0.235 e. The molecule has 0 aliphatic carbocycles. The van der Waals surface area contributed by atoms with Gasteiger partial charge in [0.25, 0.3) is 0 Å². The Hall–Kier alpha value is -1.76. The number of carbonyl (C=O) groups excluding carboxylic acids is 2. The molecule has 1 heterocycles. The second-order valence-corrected chi connectivity index (χ2v) is 6.78. The van der Waals surface area contributed by atoms with Gasteiger partial charge in [-0.05, 0) is 31.0 Å². The number of nitrogens with zero attached hydrogens (tertiary/aromatic N) is 1. The normalized spacial score (nSPS) is 19.5. The third-order valence-electron chi connectivity index (χ3n) is 3.50. The van der Waals surface area contributed by atoms with Gasteiger partial charge in [-0.25, -0.2) is 4.39 Å². The van der Waals surface area contributed by atoms with Gasteiger partial charge in [-0.2, -0.15) is 0 Å². The largest absolute Gasteiger partial charge is 0.352 e. The lowest BCUT2D eigenvalue weighted by molar-refractivity contribution is -0.130. The summed E-state index contributed by atoms with van der Waals surface area (Å²) in [6.45, 7) is 2.47. The van der Waals surface area contributed by atoms with E-state index in [2.05, 4.69) is 5.32 Å². The van der Waals surface area contributed by atoms with Crippen molar-refractivity contribution >= 4 is 22.6 Å². The molecule has 0 bridgehead atoms. The van der Waals surface area contributed by atoms with Crippen molar-refractivity contribution in [1.82, 2.24) is 10.2 Å². The van der Waals surface area contributed by atoms with E-state index in [1.807, 2.05) is 0 Å². The molecule has 1 aromatic carbocycles. The van der Waals surface area contributed by atoms with Crippen molar-refractivity contribution in [3.63, 3.8) is 0 Å². The highest BCUT2D eigenvalue weighted by Gasteiger charge is 2.25. The molecule has 0 radical (unpaired) electrons. The molecule has 1 aliphatic heterocycles. The second-order valence-electron chi connectivity index (χ2n) is 5.33. The molecule has 2 atom stereocenters. The zero-order chi connectivity index (χ0) is 16.1. The highest BCUT2D eigenvalue weighted by Crippen LogP contribution is 2.13. The number of carbonyl (C=O) groups is 2. The molecule has 5 nitrogen and oxygen atoms in total. The van der Waals surface area contributed by atoms with Gasteiger partial charge in [0, 0.05) is 31.0 Å². The Kier molecular flexibility index (Phi) is 5.65. The Bertz CT molecular complexity index is 594. The van der Waals surface area contributed by atoms with Crippen LogP contribution < -0.4 is 5.32 Å². The predicted molar refractivity (Wildman–Crippen MR) is 81.1 cm³/mol. The third kappa shape index (κ3) is 4.62. The van der Waals surface area contributed by atoms with E-state index in [4.69, 9.17) is 0 Å². The Morgan fingerprint density at radius 2 is 2.23 bits per heavy atom. The highest BCUT2D eigenvalue weighted by atomic mass is 32.2. The van der Waals surface area contributed by atoms with Crippen molar-refractivity contribution in [3.05, 3.63) is 30.1 Å². The van der Waals surface area contributed by atoms with Crippen molar-refractivity contribution in [2.45, 2.75) is 30.7 Å². The predicted octanol–water partition coefficient (Wildman–Crippen LogP) is 1.06. The van der Waals surface area contributed by atoms with Gasteiger partial charge in [0.2, 0.25) is 11.8 Å². The minimum Gasteiger partial charge on any atom is -0.352 e. The van der Waals surface area contributed by atoms with Gasteiger partial charge in [-0.15, -0.1) is 0 Å². The van der Waals surface area contributed by atoms with E-state index < -0.39 is 16.6 Å². The molecule has 1 saturated heterocycles. The quantitative estimate of drug-likeness (QED) is 0.900. The zero-order valence-corrected chi connectivity index (χ0v) is 13.2. The molecule has 0 saturated carbocycles. The van der Waals surface area contributed by atoms with Crippen LogP contribution >= 0.6 is 0 Å². The molecule has 1 fully saturated rings. The monoisotopic (exact) mass is 326 g/mol. The van der Waals surface area contributed by atoms with Gasteiger partial charge >= 0.3 is 0 Å². The van der Waals surface area contributed by atoms with Crippen molar-refractivity contribution in [1.29, 1.82) is 0 Å². The van der Waals surface area contributed by atoms with E-state index in [1.54, 1.807) is 11.0 Å². The summed E-state index contributed by atoms with van der Waals surface area (Å²) in [5.74, 6) is -1.00. The van der Waals surface area contributed by atoms with E-state index in [-0.39, 0.29) is 23.6 Å². The molecule has 1 aliphatic rings. The first-order chi connectivity index (χ1) is 10.5. The SMILES string of the molecule is CC(=O)N[C@@H]1CCCN(C(=O)C[S@@](=O)c2cccc(F)c2)C1. The fraction of sp³-hybridized carbons (Fsp3) is 0.467. The maximum Gasteiger partial charge on any atom is 0.235 e. The lowest BCUT2D eigenvalue weighted by Crippen LogP contribution is -2.50. The van der Waals surface area contributed by atoms with Crippen LogP contribution in [0.1, 0.15) is 19.8 Å². The van der Waals surface area contributed by atoms with E-state index in [0.717, 1.165) is 12.8 Å². The Morgan fingerprint density at radius 1 is 1.45 bits per heavy atom. The van der Waals surface area contributed by atoms with Gasteiger partial charge in [0.1, 0.15) is 11.6 Å². The van der Waals surface area contributed by atoms with Crippen LogP contribution in [-0.2, 0) is 20.4 Å². The van der Waals surface area contributed by atoms with Crippen molar-refractivity contribution in [3.8, 4) is 0 Å². The van der Waals surface area contributed by atoms with E-state index in [0.29, 0.717) is 18.0 Å². The third-order valence-corrected chi connectivity index (χ3v) is 4.78. The van der Waals surface area contributed by atoms with Crippen LogP contribution in [0.3, 0.4) is 0 Å². The summed E-state index contributed by atoms with van der Waals surface area (Å²) in [6.07, 6.45) is 1.62. The number of hydrogen-bond donors (Lipinski definition) is 1. The highest BCUT2D eigenvalue weighted by molar-refractivity contribution is 7.85. The zero-order valence-electron chi connectivity index (χ0n) is 12.4. The minimum absolute atomic E-state index is 0.0576. The van der Waals surface area contributed by atoms with Crippen molar-refractivity contribution in [2.24, 2.45) is 0 Å². The van der Waals surface area contributed by atoms with E-state index in [1.165, 1.54) is 25.1 Å². The summed E-state index contributed by atoms with van der Waals surface area (Å²) in [7, 11) is -1.57. The number of hydrogen-bond acceptors (Lipinski definition) is 3. The van der Waals surface area contributed by atoms with Gasteiger partial charge in [0.05, 0.1) is 10.8 Å². The van der Waals surface area contributed by atoms with Crippen LogP contribution in [0.15, 0.2) is 29.2 Å². The lowest BCUT2D eigenvalue weighted by atomic mass is 10.1. The summed E-state index contributed by atoms with van der Waals surface area (Å²) < 4.78 is 25.3. The molecule has 0 unspecified atom stereocenters. The van der Waals surface area contributed by atoms with Crippen LogP contribution in [0.5, 0.6) is 0 Å². The second kappa shape index (κ2) is 7.49. The van der Waals surface area contributed by atoms with Crippen LogP contribution in [0.2, 0.25) is 0 Å². The number of benzene rings is 1. The van der Waals surface area contributed by atoms with Crippen molar-refractivity contribution in [2.75, 3.05) is 18.8 Å². The first-order valence-corrected chi connectivity index (χ1v) is 8.46. The summed E-state index contributed by atoms with van der Waals surface area (Å²) in [5, 5.41) is 2.80. The molecule has 22 heavy (non-hydrogen) atoms. The van der Waals surface area contributed by atoms with Crippen LogP contribution in [0.4, 0.5) is 4.39 Å². The molecular formula is C15H19FN2O3S. The molecule has 2 amide bonds. The number of halogens is 1. The number of nitrogens with one attached hydrogen (secondary N) is 1. The number of rotatable bonds is 4. The fourth-order valence-corrected chi connectivity index (χ4v) is 3.55. The average molecular weight is 326 g/mol. The summed E-state index contributed by atoms with van der Waals surface area (Å²) >= 11 is 0. The van der Waals surface area contributed by atoms with Crippen LogP contribution in [0, 0.1) is 5.82 Å². The van der Waals surface area contributed by atoms with Gasteiger partial charge in [-0.3, -0.25) is 13.8 Å². The van der Waals surface area contributed by atoms with Gasteiger partial charge in [0.15, 0.2) is 0 Å². The lowest BCUT2D eigenvalue weighted by Gasteiger charge is -2.33. The van der Waals surface area contributed by atoms with Crippen molar-refractivity contribution < 1.29 is 18.2 Å².